The summed E-state index contributed by atoms with van der Waals surface area (Å²) >= 11 is 0. The molecule has 2 aliphatic rings. The normalized spacial score (nSPS) is 22.6. The van der Waals surface area contributed by atoms with Gasteiger partial charge in [0.1, 0.15) is 0 Å². The van der Waals surface area contributed by atoms with E-state index in [1.54, 1.807) is 0 Å². The van der Waals surface area contributed by atoms with E-state index in [9.17, 15) is 24.0 Å². The number of piperidine rings is 1. The van der Waals surface area contributed by atoms with Crippen LogP contribution in [0.3, 0.4) is 0 Å². The molecule has 4 atom stereocenters. The second kappa shape index (κ2) is 10.7. The van der Waals surface area contributed by atoms with Crippen LogP contribution in [0.4, 0.5) is 11.4 Å². The van der Waals surface area contributed by atoms with Crippen molar-refractivity contribution < 1.29 is 33.4 Å². The highest BCUT2D eigenvalue weighted by Crippen LogP contribution is 2.28. The third-order valence-corrected chi connectivity index (χ3v) is 6.19. The van der Waals surface area contributed by atoms with Crippen LogP contribution < -0.4 is 26.6 Å². The fourth-order valence-corrected chi connectivity index (χ4v) is 4.38. The van der Waals surface area contributed by atoms with Gasteiger partial charge in [0.2, 0.25) is 17.7 Å². The zero-order valence-corrected chi connectivity index (χ0v) is 20.4. The van der Waals surface area contributed by atoms with Gasteiger partial charge in [-0.05, 0) is 37.3 Å². The Morgan fingerprint density at radius 2 is 1.51 bits per heavy atom. The molecule has 0 aliphatic carbocycles. The summed E-state index contributed by atoms with van der Waals surface area (Å²) in [4.78, 5) is 62.9. The van der Waals surface area contributed by atoms with Crippen molar-refractivity contribution in [3.63, 3.8) is 0 Å². The van der Waals surface area contributed by atoms with E-state index in [1.807, 2.05) is 31.2 Å². The first-order valence-electron chi connectivity index (χ1n) is 11.5. The maximum absolute atomic E-state index is 13.3. The minimum atomic E-state index is -1.02. The molecule has 12 heteroatoms. The van der Waals surface area contributed by atoms with E-state index in [4.69, 9.17) is 9.47 Å². The minimum Gasteiger partial charge on any atom is -0.465 e. The lowest BCUT2D eigenvalue weighted by Crippen LogP contribution is -2.72. The summed E-state index contributed by atoms with van der Waals surface area (Å²) in [6.45, 7) is 1.96. The summed E-state index contributed by atoms with van der Waals surface area (Å²) in [7, 11) is 2.36. The van der Waals surface area contributed by atoms with Crippen LogP contribution in [0.2, 0.25) is 0 Å². The molecule has 37 heavy (non-hydrogen) atoms. The van der Waals surface area contributed by atoms with Crippen LogP contribution in [-0.4, -0.2) is 56.3 Å². The molecule has 2 saturated heterocycles. The fourth-order valence-electron chi connectivity index (χ4n) is 4.38. The van der Waals surface area contributed by atoms with E-state index in [0.29, 0.717) is 0 Å². The van der Waals surface area contributed by atoms with Gasteiger partial charge in [-0.25, -0.2) is 9.59 Å². The number of hydrogen-bond acceptors (Lipinski definition) is 9. The molecule has 2 aliphatic heterocycles. The summed E-state index contributed by atoms with van der Waals surface area (Å²) < 4.78 is 9.43. The van der Waals surface area contributed by atoms with Gasteiger partial charge in [-0.3, -0.25) is 19.7 Å². The van der Waals surface area contributed by atoms with Gasteiger partial charge in [-0.2, -0.15) is 0 Å². The van der Waals surface area contributed by atoms with Crippen molar-refractivity contribution in [2.75, 3.05) is 24.9 Å². The smallest absolute Gasteiger partial charge is 0.337 e. The largest absolute Gasteiger partial charge is 0.465 e. The predicted molar refractivity (Wildman–Crippen MR) is 131 cm³/mol. The molecule has 4 unspecified atom stereocenters. The number of rotatable bonds is 6. The molecule has 0 spiro atoms. The number of fused-ring (bicyclic) bond motifs is 1. The van der Waals surface area contributed by atoms with Gasteiger partial charge in [-0.1, -0.05) is 17.7 Å². The number of benzene rings is 2. The summed E-state index contributed by atoms with van der Waals surface area (Å²) in [6.07, 6.45) is -1.71. The monoisotopic (exact) mass is 509 g/mol. The number of hydrogen-bond donors (Lipinski definition) is 5. The van der Waals surface area contributed by atoms with Gasteiger partial charge in [0.15, 0.2) is 6.29 Å². The number of carbonyl (C=O) groups excluding carboxylic acids is 5. The molecule has 0 radical (unpaired) electrons. The number of carbonyl (C=O) groups is 5. The molecule has 194 valence electrons. The SMILES string of the molecule is COC(=O)c1cc(NC(=O)C2CC(=O)NC3NC(Nc4ccc(C)cc4)NC(=O)C32)cc(C(=O)OC)c1. The zero-order chi connectivity index (χ0) is 26.7. The van der Waals surface area contributed by atoms with Crippen molar-refractivity contribution in [1.29, 1.82) is 0 Å². The van der Waals surface area contributed by atoms with E-state index in [2.05, 4.69) is 26.6 Å². The lowest BCUT2D eigenvalue weighted by Gasteiger charge is -2.43. The molecular formula is C25H27N5O7. The van der Waals surface area contributed by atoms with Gasteiger partial charge >= 0.3 is 11.9 Å². The second-order valence-electron chi connectivity index (χ2n) is 8.77. The highest BCUT2D eigenvalue weighted by atomic mass is 16.5. The van der Waals surface area contributed by atoms with Crippen LogP contribution in [0.25, 0.3) is 0 Å². The molecule has 4 rings (SSSR count). The maximum Gasteiger partial charge on any atom is 0.337 e. The lowest BCUT2D eigenvalue weighted by atomic mass is 9.81. The number of methoxy groups -OCH3 is 2. The minimum absolute atomic E-state index is 0.0158. The summed E-state index contributed by atoms with van der Waals surface area (Å²) in [5, 5.41) is 14.4. The molecule has 3 amide bonds. The third kappa shape index (κ3) is 5.70. The Balaban J connectivity index is 1.53. The zero-order valence-electron chi connectivity index (χ0n) is 20.4. The van der Waals surface area contributed by atoms with Gasteiger partial charge in [0.25, 0.3) is 0 Å². The van der Waals surface area contributed by atoms with Crippen molar-refractivity contribution in [3.05, 3.63) is 59.2 Å². The Bertz CT molecular complexity index is 1210. The maximum atomic E-state index is 13.3. The van der Waals surface area contributed by atoms with E-state index < -0.39 is 54.0 Å². The average Bonchev–Trinajstić information content (AvgIpc) is 2.88. The van der Waals surface area contributed by atoms with E-state index in [0.717, 1.165) is 11.3 Å². The van der Waals surface area contributed by atoms with Gasteiger partial charge in [-0.15, -0.1) is 0 Å². The number of anilines is 2. The van der Waals surface area contributed by atoms with Gasteiger partial charge < -0.3 is 30.7 Å². The molecule has 2 fully saturated rings. The third-order valence-electron chi connectivity index (χ3n) is 6.19. The lowest BCUT2D eigenvalue weighted by molar-refractivity contribution is -0.144. The molecule has 2 heterocycles. The number of esters is 2. The Kier molecular flexibility index (Phi) is 7.39. The first-order chi connectivity index (χ1) is 17.7. The number of amides is 3. The van der Waals surface area contributed by atoms with Crippen LogP contribution in [0.5, 0.6) is 0 Å². The van der Waals surface area contributed by atoms with E-state index in [-0.39, 0.29) is 23.2 Å². The van der Waals surface area contributed by atoms with Crippen molar-refractivity contribution >= 4 is 41.0 Å². The summed E-state index contributed by atoms with van der Waals surface area (Å²) in [5.41, 5.74) is 1.98. The van der Waals surface area contributed by atoms with E-state index >= 15 is 0 Å². The van der Waals surface area contributed by atoms with Crippen molar-refractivity contribution in [2.24, 2.45) is 11.8 Å². The van der Waals surface area contributed by atoms with Crippen molar-refractivity contribution in [3.8, 4) is 0 Å². The van der Waals surface area contributed by atoms with Crippen LogP contribution in [-0.2, 0) is 23.9 Å². The Labute approximate surface area is 212 Å². The Morgan fingerprint density at radius 3 is 2.11 bits per heavy atom. The van der Waals surface area contributed by atoms with Crippen molar-refractivity contribution in [2.45, 2.75) is 25.8 Å². The predicted octanol–water partition coefficient (Wildman–Crippen LogP) is 0.700. The average molecular weight is 510 g/mol. The van der Waals surface area contributed by atoms with Crippen LogP contribution >= 0.6 is 0 Å². The molecule has 5 N–H and O–H groups in total. The summed E-state index contributed by atoms with van der Waals surface area (Å²) in [6, 6.07) is 11.5. The van der Waals surface area contributed by atoms with E-state index in [1.165, 1.54) is 32.4 Å². The summed E-state index contributed by atoms with van der Waals surface area (Å²) in [5.74, 6) is -4.82. The second-order valence-corrected chi connectivity index (χ2v) is 8.77. The molecule has 0 bridgehead atoms. The molecular weight excluding hydrogens is 482 g/mol. The topological polar surface area (TPSA) is 164 Å². The van der Waals surface area contributed by atoms with Crippen LogP contribution in [0.1, 0.15) is 32.7 Å². The number of ether oxygens (including phenoxy) is 2. The van der Waals surface area contributed by atoms with Crippen LogP contribution in [0.15, 0.2) is 42.5 Å². The van der Waals surface area contributed by atoms with Gasteiger partial charge in [0, 0.05) is 17.8 Å². The standard InChI is InChI=1S/C25H27N5O7/c1-12-4-6-15(7-5-12)27-25-29-20-19(22(33)30-25)17(11-18(31)28-20)21(32)26-16-9-13(23(34)36-2)8-14(10-16)24(35)37-3/h4-10,17,19-20,25,27,29H,11H2,1-3H3,(H,26,32)(H,28,31)(H,30,33). The first-order valence-corrected chi connectivity index (χ1v) is 11.5. The van der Waals surface area contributed by atoms with Gasteiger partial charge in [0.05, 0.1) is 43.3 Å². The molecule has 2 aromatic carbocycles. The molecule has 12 nitrogen and oxygen atoms in total. The highest BCUT2D eigenvalue weighted by molar-refractivity contribution is 6.02. The highest BCUT2D eigenvalue weighted by Gasteiger charge is 2.48. The fraction of sp³-hybridized carbons (Fsp3) is 0.320. The Morgan fingerprint density at radius 1 is 0.892 bits per heavy atom. The number of aryl methyl sites for hydroxylation is 1. The molecule has 0 aromatic heterocycles. The molecule has 0 saturated carbocycles. The Hall–Kier alpha value is -4.45. The first kappa shape index (κ1) is 25.6. The quantitative estimate of drug-likeness (QED) is 0.353. The van der Waals surface area contributed by atoms with Crippen molar-refractivity contribution in [1.82, 2.24) is 16.0 Å². The number of nitrogens with one attached hydrogen (secondary N) is 5. The van der Waals surface area contributed by atoms with Crippen LogP contribution in [0, 0.1) is 18.8 Å². The molecule has 2 aromatic rings.